The highest BCUT2D eigenvalue weighted by Gasteiger charge is 2.33. The van der Waals surface area contributed by atoms with E-state index >= 15 is 0 Å². The van der Waals surface area contributed by atoms with Crippen LogP contribution in [0.25, 0.3) is 0 Å². The van der Waals surface area contributed by atoms with E-state index in [-0.39, 0.29) is 18.4 Å². The minimum Gasteiger partial charge on any atom is -0.520 e. The Hall–Kier alpha value is -0.449. The molecule has 0 aromatic heterocycles. The van der Waals surface area contributed by atoms with Crippen molar-refractivity contribution in [3.63, 3.8) is 0 Å². The molecule has 21 heavy (non-hydrogen) atoms. The molecule has 1 unspecified atom stereocenters. The van der Waals surface area contributed by atoms with Gasteiger partial charge in [-0.25, -0.2) is 0 Å². The van der Waals surface area contributed by atoms with Crippen molar-refractivity contribution < 1.29 is 18.4 Å². The summed E-state index contributed by atoms with van der Waals surface area (Å²) in [6.45, 7) is 18.0. The van der Waals surface area contributed by atoms with Gasteiger partial charge in [-0.15, -0.1) is 0 Å². The van der Waals surface area contributed by atoms with Crippen LogP contribution in [0.5, 0.6) is 0 Å². The third-order valence-corrected chi connectivity index (χ3v) is 4.96. The van der Waals surface area contributed by atoms with E-state index in [1.807, 2.05) is 39.3 Å². The van der Waals surface area contributed by atoms with Gasteiger partial charge in [0.05, 0.1) is 6.42 Å². The zero-order valence-electron chi connectivity index (χ0n) is 14.9. The molecule has 0 bridgehead atoms. The maximum atomic E-state index is 12.3. The second-order valence-electron chi connectivity index (χ2n) is 8.27. The van der Waals surface area contributed by atoms with Gasteiger partial charge in [0.25, 0.3) is 5.97 Å². The van der Waals surface area contributed by atoms with Crippen molar-refractivity contribution in [2.24, 2.45) is 0 Å². The lowest BCUT2D eigenvalue weighted by atomic mass is 10.2. The molecular weight excluding hydrogens is 318 g/mol. The number of carbonyl (C=O) groups is 2. The Labute approximate surface area is 132 Å². The van der Waals surface area contributed by atoms with Gasteiger partial charge < -0.3 is 13.8 Å². The van der Waals surface area contributed by atoms with Gasteiger partial charge in [-0.05, 0) is 39.3 Å². The van der Waals surface area contributed by atoms with Crippen molar-refractivity contribution in [1.29, 1.82) is 0 Å². The third-order valence-electron chi connectivity index (χ3n) is 2.09. The molecule has 0 fully saturated rings. The Bertz CT molecular complexity index is 380. The lowest BCUT2D eigenvalue weighted by Crippen LogP contribution is -2.54. The van der Waals surface area contributed by atoms with Crippen molar-refractivity contribution in [1.82, 2.24) is 4.98 Å². The summed E-state index contributed by atoms with van der Waals surface area (Å²) in [4.78, 5) is 27.6. The first-order valence-electron chi connectivity index (χ1n) is 7.31. The van der Waals surface area contributed by atoms with Crippen molar-refractivity contribution in [3.8, 4) is 0 Å². The fraction of sp³-hybridized carbons (Fsp3) is 0.846. The monoisotopic (exact) mass is 349 g/mol. The molecule has 8 heteroatoms. The van der Waals surface area contributed by atoms with E-state index in [4.69, 9.17) is 8.85 Å². The lowest BCUT2D eigenvalue weighted by molar-refractivity contribution is -0.143. The zero-order valence-corrected chi connectivity index (χ0v) is 17.9. The summed E-state index contributed by atoms with van der Waals surface area (Å²) in [5.41, 5.74) is 0. The van der Waals surface area contributed by atoms with E-state index in [0.717, 1.165) is 0 Å². The van der Waals surface area contributed by atoms with Gasteiger partial charge in [-0.3, -0.25) is 9.59 Å². The number of carbonyl (C=O) groups excluding carboxylic acids is 2. The summed E-state index contributed by atoms with van der Waals surface area (Å²) in [7, 11) is -5.63. The van der Waals surface area contributed by atoms with E-state index < -0.39 is 30.9 Å². The number of hydrogen-bond donors (Lipinski definition) is 1. The second-order valence-corrected chi connectivity index (χ2v) is 21.9. The Balaban J connectivity index is 4.91. The minimum absolute atomic E-state index is 0.0395. The summed E-state index contributed by atoms with van der Waals surface area (Å²) < 4.78 is 11.0. The maximum absolute atomic E-state index is 12.3. The van der Waals surface area contributed by atoms with Gasteiger partial charge in [-0.2, -0.15) is 0 Å². The fourth-order valence-electron chi connectivity index (χ4n) is 1.64. The summed E-state index contributed by atoms with van der Waals surface area (Å²) >= 11 is 0. The van der Waals surface area contributed by atoms with E-state index in [9.17, 15) is 9.59 Å². The Morgan fingerprint density at radius 2 is 1.29 bits per heavy atom. The molecule has 1 atom stereocenters. The molecule has 0 saturated heterocycles. The Morgan fingerprint density at radius 1 is 0.857 bits per heavy atom. The molecule has 0 aliphatic heterocycles. The number of hydrogen-bond acceptors (Lipinski definition) is 5. The van der Waals surface area contributed by atoms with Crippen LogP contribution in [-0.4, -0.2) is 42.9 Å². The first-order valence-corrected chi connectivity index (χ1v) is 17.6. The topological polar surface area (TPSA) is 64.6 Å². The summed E-state index contributed by atoms with van der Waals surface area (Å²) in [5.74, 6) is -0.651. The zero-order chi connectivity index (χ0) is 17.1. The molecular formula is C13H31NO4Si3. The predicted octanol–water partition coefficient (Wildman–Crippen LogP) is 2.93. The van der Waals surface area contributed by atoms with Crippen molar-refractivity contribution >= 4 is 36.8 Å². The molecule has 0 rings (SSSR count). The molecule has 0 aromatic rings. The fourth-order valence-corrected chi connectivity index (χ4v) is 4.42. The first kappa shape index (κ1) is 20.6. The van der Waals surface area contributed by atoms with Crippen LogP contribution < -0.4 is 4.98 Å². The van der Waals surface area contributed by atoms with Crippen LogP contribution >= 0.6 is 0 Å². The Kier molecular flexibility index (Phi) is 7.05. The van der Waals surface area contributed by atoms with Crippen LogP contribution in [0.2, 0.25) is 58.9 Å². The average molecular weight is 350 g/mol. The molecule has 0 heterocycles. The van der Waals surface area contributed by atoms with Crippen molar-refractivity contribution in [3.05, 3.63) is 0 Å². The molecule has 0 spiro atoms. The Morgan fingerprint density at radius 3 is 1.62 bits per heavy atom. The number of rotatable bonds is 7. The summed E-state index contributed by atoms with van der Waals surface area (Å²) in [5, 5.41) is 0. The van der Waals surface area contributed by atoms with Crippen LogP contribution in [0.3, 0.4) is 0 Å². The third kappa shape index (κ3) is 11.8. The molecule has 124 valence electrons. The summed E-state index contributed by atoms with van der Waals surface area (Å²) in [6, 6.07) is -0.604. The highest BCUT2D eigenvalue weighted by atomic mass is 28.4. The molecule has 0 saturated carbocycles. The maximum Gasteiger partial charge on any atom is 0.309 e. The van der Waals surface area contributed by atoms with E-state index in [0.29, 0.717) is 0 Å². The predicted molar refractivity (Wildman–Crippen MR) is 93.8 cm³/mol. The molecule has 0 aliphatic rings. The molecule has 5 nitrogen and oxygen atoms in total. The van der Waals surface area contributed by atoms with Crippen LogP contribution in [0.4, 0.5) is 0 Å². The quantitative estimate of drug-likeness (QED) is 0.716. The average Bonchev–Trinajstić information content (AvgIpc) is 2.07. The van der Waals surface area contributed by atoms with Crippen LogP contribution in [0.1, 0.15) is 6.42 Å². The van der Waals surface area contributed by atoms with Crippen LogP contribution in [0, 0.1) is 0 Å². The SMILES string of the molecule is C[Si](C)(C)NC(CC(=O)O[Si](C)(C)C)C(=O)O[Si](C)(C)C. The van der Waals surface area contributed by atoms with Gasteiger partial charge in [-0.1, -0.05) is 19.6 Å². The second kappa shape index (κ2) is 7.21. The van der Waals surface area contributed by atoms with Crippen LogP contribution in [-0.2, 0) is 18.4 Å². The van der Waals surface area contributed by atoms with Crippen molar-refractivity contribution in [2.75, 3.05) is 0 Å². The van der Waals surface area contributed by atoms with Gasteiger partial charge in [0.2, 0.25) is 16.6 Å². The summed E-state index contributed by atoms with van der Waals surface area (Å²) in [6.07, 6.45) is 0.0395. The molecule has 0 aliphatic carbocycles. The highest BCUT2D eigenvalue weighted by Crippen LogP contribution is 2.12. The molecule has 0 radical (unpaired) electrons. The van der Waals surface area contributed by atoms with Crippen molar-refractivity contribution in [2.45, 2.75) is 71.4 Å². The van der Waals surface area contributed by atoms with E-state index in [1.165, 1.54) is 0 Å². The van der Waals surface area contributed by atoms with Crippen LogP contribution in [0.15, 0.2) is 0 Å². The minimum atomic E-state index is -1.97. The normalized spacial score (nSPS) is 14.5. The largest absolute Gasteiger partial charge is 0.520 e. The van der Waals surface area contributed by atoms with Gasteiger partial charge in [0.15, 0.2) is 0 Å². The number of nitrogens with one attached hydrogen (secondary N) is 1. The molecule has 0 aromatic carbocycles. The molecule has 0 amide bonds. The van der Waals surface area contributed by atoms with Gasteiger partial charge in [0, 0.05) is 0 Å². The standard InChI is InChI=1S/C13H31NO4Si3/c1-19(2,3)14-11(13(16)18-21(7,8)9)10-12(15)17-20(4,5)6/h11,14H,10H2,1-9H3. The molecule has 1 N–H and O–H groups in total. The first-order chi connectivity index (χ1) is 9.09. The van der Waals surface area contributed by atoms with E-state index in [1.54, 1.807) is 0 Å². The van der Waals surface area contributed by atoms with Gasteiger partial charge in [0.1, 0.15) is 14.3 Å². The van der Waals surface area contributed by atoms with E-state index in [2.05, 4.69) is 24.6 Å². The smallest absolute Gasteiger partial charge is 0.309 e. The lowest BCUT2D eigenvalue weighted by Gasteiger charge is -2.29. The van der Waals surface area contributed by atoms with Gasteiger partial charge >= 0.3 is 5.97 Å². The highest BCUT2D eigenvalue weighted by molar-refractivity contribution is 6.74.